The molecule has 0 N–H and O–H groups in total. The van der Waals surface area contributed by atoms with E-state index >= 15 is 0 Å². The predicted molar refractivity (Wildman–Crippen MR) is 146 cm³/mol. The van der Waals surface area contributed by atoms with E-state index in [0.29, 0.717) is 43.6 Å². The summed E-state index contributed by atoms with van der Waals surface area (Å²) < 4.78 is 37.0. The second-order valence-electron chi connectivity index (χ2n) is 15.3. The van der Waals surface area contributed by atoms with Gasteiger partial charge in [-0.15, -0.1) is 0 Å². The molecule has 5 aliphatic rings. The summed E-state index contributed by atoms with van der Waals surface area (Å²) in [5.74, 6) is 1.47. The van der Waals surface area contributed by atoms with Gasteiger partial charge in [-0.2, -0.15) is 8.42 Å². The number of ether oxygens (including phenoxy) is 1. The highest BCUT2D eigenvalue weighted by Crippen LogP contribution is 2.67. The molecule has 8 heteroatoms. The van der Waals surface area contributed by atoms with Crippen molar-refractivity contribution in [3.63, 3.8) is 0 Å². The molecular formula is C30H49NO6S. The van der Waals surface area contributed by atoms with E-state index in [1.807, 2.05) is 0 Å². The van der Waals surface area contributed by atoms with E-state index in [4.69, 9.17) is 8.92 Å². The van der Waals surface area contributed by atoms with Crippen LogP contribution in [0.15, 0.2) is 0 Å². The molecule has 0 spiro atoms. The molecule has 38 heavy (non-hydrogen) atoms. The predicted octanol–water partition coefficient (Wildman–Crippen LogP) is 4.63. The van der Waals surface area contributed by atoms with E-state index in [-0.39, 0.29) is 51.6 Å². The third-order valence-corrected chi connectivity index (χ3v) is 11.9. The van der Waals surface area contributed by atoms with Crippen molar-refractivity contribution in [2.45, 2.75) is 117 Å². The summed E-state index contributed by atoms with van der Waals surface area (Å²) in [5.41, 5.74) is -1.19. The normalized spacial score (nSPS) is 46.6. The molecule has 216 valence electrons. The number of hydrogen-bond acceptors (Lipinski definition) is 7. The van der Waals surface area contributed by atoms with Gasteiger partial charge < -0.3 is 4.74 Å². The highest BCUT2D eigenvalue weighted by molar-refractivity contribution is 7.86. The third-order valence-electron chi connectivity index (χ3n) is 11.3. The van der Waals surface area contributed by atoms with Crippen LogP contribution in [0.3, 0.4) is 0 Å². The smallest absolute Gasteiger partial charge is 0.264 e. The quantitative estimate of drug-likeness (QED) is 0.471. The summed E-state index contributed by atoms with van der Waals surface area (Å²) in [7, 11) is -3.64. The lowest BCUT2D eigenvalue weighted by Gasteiger charge is -2.62. The molecule has 1 aliphatic heterocycles. The Morgan fingerprint density at radius 3 is 2.18 bits per heavy atom. The number of carbonyl (C=O) groups is 2. The molecule has 5 fully saturated rings. The average molecular weight is 552 g/mol. The number of rotatable bonds is 4. The molecule has 0 aromatic rings. The molecule has 7 nitrogen and oxygen atoms in total. The molecule has 0 aromatic carbocycles. The lowest BCUT2D eigenvalue weighted by Crippen LogP contribution is -2.66. The molecular weight excluding hydrogens is 502 g/mol. The Balaban J connectivity index is 1.50. The molecule has 5 rings (SSSR count). The molecule has 0 radical (unpaired) electrons. The van der Waals surface area contributed by atoms with Gasteiger partial charge in [0.25, 0.3) is 10.1 Å². The van der Waals surface area contributed by atoms with Gasteiger partial charge in [0.15, 0.2) is 0 Å². The first-order valence-electron chi connectivity index (χ1n) is 14.7. The number of ketones is 2. The SMILES string of the molecule is CC(=O)[C@H]1CC[C@H]2[C@@H]3CC[C@H]4C[C@H](OS(C)(=O)=O)[C@@H](N5CC(C)(C)OC(C)(C)C5)C[C@]4(C)[C@H]3C(=O)C[C@]12C. The minimum absolute atomic E-state index is 0.00705. The molecule has 9 atom stereocenters. The van der Waals surface area contributed by atoms with Crippen molar-refractivity contribution in [3.05, 3.63) is 0 Å². The van der Waals surface area contributed by atoms with Crippen molar-refractivity contribution in [1.29, 1.82) is 0 Å². The van der Waals surface area contributed by atoms with Gasteiger partial charge in [-0.05, 0) is 102 Å². The molecule has 0 bridgehead atoms. The van der Waals surface area contributed by atoms with Crippen molar-refractivity contribution in [1.82, 2.24) is 4.90 Å². The maximum atomic E-state index is 14.1. The van der Waals surface area contributed by atoms with Crippen LogP contribution in [0.1, 0.15) is 93.4 Å². The Morgan fingerprint density at radius 1 is 0.974 bits per heavy atom. The van der Waals surface area contributed by atoms with Gasteiger partial charge in [-0.3, -0.25) is 18.7 Å². The van der Waals surface area contributed by atoms with Gasteiger partial charge >= 0.3 is 0 Å². The fraction of sp³-hybridized carbons (Fsp3) is 0.933. The number of hydrogen-bond donors (Lipinski definition) is 0. The molecule has 0 amide bonds. The zero-order chi connectivity index (χ0) is 28.1. The number of morpholine rings is 1. The monoisotopic (exact) mass is 551 g/mol. The van der Waals surface area contributed by atoms with Crippen molar-refractivity contribution in [2.75, 3.05) is 19.3 Å². The first kappa shape index (κ1) is 28.7. The first-order valence-corrected chi connectivity index (χ1v) is 16.5. The van der Waals surface area contributed by atoms with E-state index in [0.717, 1.165) is 38.4 Å². The minimum atomic E-state index is -3.64. The Kier molecular flexibility index (Phi) is 6.86. The summed E-state index contributed by atoms with van der Waals surface area (Å²) in [6, 6.07) is -0.109. The average Bonchev–Trinajstić information content (AvgIpc) is 3.06. The maximum absolute atomic E-state index is 14.1. The highest BCUT2D eigenvalue weighted by Gasteiger charge is 2.65. The fourth-order valence-corrected chi connectivity index (χ4v) is 11.2. The van der Waals surface area contributed by atoms with Crippen LogP contribution in [0.25, 0.3) is 0 Å². The fourth-order valence-electron chi connectivity index (χ4n) is 10.5. The second-order valence-corrected chi connectivity index (χ2v) is 16.9. The summed E-state index contributed by atoms with van der Waals surface area (Å²) >= 11 is 0. The Labute approximate surface area is 229 Å². The Morgan fingerprint density at radius 2 is 1.61 bits per heavy atom. The highest BCUT2D eigenvalue weighted by atomic mass is 32.2. The van der Waals surface area contributed by atoms with Crippen LogP contribution < -0.4 is 0 Å². The lowest BCUT2D eigenvalue weighted by molar-refractivity contribution is -0.208. The number of carbonyl (C=O) groups excluding carboxylic acids is 2. The van der Waals surface area contributed by atoms with Gasteiger partial charge in [0.2, 0.25) is 0 Å². The van der Waals surface area contributed by atoms with E-state index in [1.165, 1.54) is 0 Å². The van der Waals surface area contributed by atoms with Gasteiger partial charge in [-0.25, -0.2) is 0 Å². The molecule has 0 unspecified atom stereocenters. The molecule has 1 heterocycles. The van der Waals surface area contributed by atoms with Crippen molar-refractivity contribution in [3.8, 4) is 0 Å². The minimum Gasteiger partial charge on any atom is -0.367 e. The van der Waals surface area contributed by atoms with Gasteiger partial charge in [0.1, 0.15) is 11.6 Å². The standard InChI is InChI=1S/C30H49NO6S/c1-18(32)21-11-12-22-20-10-9-19-13-25(36-38(8,34)35)23(31-16-27(2,3)37-28(4,5)17-31)14-29(19,6)26(20)24(33)15-30(21,22)7/h19-23,25-26H,9-17H2,1-8H3/t19-,20-,21+,22-,23-,25-,26+,29-,30+/m0/s1. The number of Topliss-reactive ketones (excluding diaryl/α,β-unsaturated/α-hetero) is 2. The number of nitrogens with zero attached hydrogens (tertiary/aromatic N) is 1. The van der Waals surface area contributed by atoms with E-state index in [9.17, 15) is 18.0 Å². The lowest BCUT2D eigenvalue weighted by atomic mass is 9.43. The molecule has 4 saturated carbocycles. The zero-order valence-electron chi connectivity index (χ0n) is 24.7. The largest absolute Gasteiger partial charge is 0.367 e. The Hall–Kier alpha value is -0.830. The second kappa shape index (κ2) is 9.09. The molecule has 1 saturated heterocycles. The Bertz CT molecular complexity index is 1080. The van der Waals surface area contributed by atoms with Gasteiger partial charge in [-0.1, -0.05) is 13.8 Å². The summed E-state index contributed by atoms with van der Waals surface area (Å²) in [6.07, 6.45) is 6.52. The first-order chi connectivity index (χ1) is 17.4. The zero-order valence-corrected chi connectivity index (χ0v) is 25.5. The van der Waals surface area contributed by atoms with Crippen molar-refractivity contribution < 1.29 is 26.9 Å². The van der Waals surface area contributed by atoms with Crippen LogP contribution in [-0.4, -0.2) is 67.6 Å². The van der Waals surface area contributed by atoms with Crippen LogP contribution in [-0.2, 0) is 28.6 Å². The molecule has 4 aliphatic carbocycles. The van der Waals surface area contributed by atoms with E-state index < -0.39 is 16.2 Å². The summed E-state index contributed by atoms with van der Waals surface area (Å²) in [6.45, 7) is 16.0. The molecule has 0 aromatic heterocycles. The number of fused-ring (bicyclic) bond motifs is 5. The van der Waals surface area contributed by atoms with Crippen LogP contribution in [0.2, 0.25) is 0 Å². The van der Waals surface area contributed by atoms with Crippen LogP contribution in [0.5, 0.6) is 0 Å². The van der Waals surface area contributed by atoms with Crippen LogP contribution in [0.4, 0.5) is 0 Å². The van der Waals surface area contributed by atoms with Crippen molar-refractivity contribution >= 4 is 21.7 Å². The summed E-state index contributed by atoms with van der Waals surface area (Å²) in [5, 5.41) is 0. The topological polar surface area (TPSA) is 90.0 Å². The van der Waals surface area contributed by atoms with E-state index in [1.54, 1.807) is 6.92 Å². The maximum Gasteiger partial charge on any atom is 0.264 e. The van der Waals surface area contributed by atoms with Gasteiger partial charge in [0.05, 0.1) is 23.6 Å². The van der Waals surface area contributed by atoms with Crippen LogP contribution in [0, 0.1) is 40.4 Å². The van der Waals surface area contributed by atoms with Crippen molar-refractivity contribution in [2.24, 2.45) is 40.4 Å². The van der Waals surface area contributed by atoms with Crippen LogP contribution >= 0.6 is 0 Å². The van der Waals surface area contributed by atoms with E-state index in [2.05, 4.69) is 46.4 Å². The van der Waals surface area contributed by atoms with Gasteiger partial charge in [0, 0.05) is 37.4 Å². The summed E-state index contributed by atoms with van der Waals surface area (Å²) in [4.78, 5) is 29.1. The third kappa shape index (κ3) is 4.83.